The van der Waals surface area contributed by atoms with Crippen LogP contribution in [-0.2, 0) is 12.8 Å². The fraction of sp³-hybridized carbons (Fsp3) is 0.333. The standard InChI is InChI=1S/C15H18OS/c1-12-4-2-5-13(8-12)9-14(11-16)10-15-6-3-7-17-15/h2-8,14,16H,9-11H2,1H3. The van der Waals surface area contributed by atoms with Gasteiger partial charge in [0.1, 0.15) is 0 Å². The zero-order valence-corrected chi connectivity index (χ0v) is 10.9. The summed E-state index contributed by atoms with van der Waals surface area (Å²) in [5.41, 5.74) is 2.61. The number of thiophene rings is 1. The molecule has 2 rings (SSSR count). The Morgan fingerprint density at radius 3 is 2.71 bits per heavy atom. The number of aryl methyl sites for hydroxylation is 1. The SMILES string of the molecule is Cc1cccc(CC(CO)Cc2cccs2)c1. The van der Waals surface area contributed by atoms with Gasteiger partial charge in [-0.15, -0.1) is 11.3 Å². The Morgan fingerprint density at radius 1 is 1.18 bits per heavy atom. The lowest BCUT2D eigenvalue weighted by Gasteiger charge is -2.13. The summed E-state index contributed by atoms with van der Waals surface area (Å²) in [6.45, 7) is 2.36. The summed E-state index contributed by atoms with van der Waals surface area (Å²) in [6, 6.07) is 12.8. The maximum atomic E-state index is 9.46. The highest BCUT2D eigenvalue weighted by Gasteiger charge is 2.10. The van der Waals surface area contributed by atoms with E-state index in [0.717, 1.165) is 12.8 Å². The third-order valence-corrected chi connectivity index (χ3v) is 3.83. The number of rotatable bonds is 5. The van der Waals surface area contributed by atoms with Crippen molar-refractivity contribution in [3.8, 4) is 0 Å². The van der Waals surface area contributed by atoms with E-state index in [9.17, 15) is 5.11 Å². The van der Waals surface area contributed by atoms with Crippen LogP contribution < -0.4 is 0 Å². The molecule has 17 heavy (non-hydrogen) atoms. The van der Waals surface area contributed by atoms with Crippen LogP contribution in [0.1, 0.15) is 16.0 Å². The summed E-state index contributed by atoms with van der Waals surface area (Å²) in [5.74, 6) is 0.329. The maximum Gasteiger partial charge on any atom is 0.0465 e. The molecule has 1 atom stereocenters. The molecule has 0 spiro atoms. The normalized spacial score (nSPS) is 12.6. The monoisotopic (exact) mass is 246 g/mol. The van der Waals surface area contributed by atoms with Crippen molar-refractivity contribution in [1.29, 1.82) is 0 Å². The highest BCUT2D eigenvalue weighted by Crippen LogP contribution is 2.18. The lowest BCUT2D eigenvalue weighted by molar-refractivity contribution is 0.225. The molecule has 2 aromatic rings. The van der Waals surface area contributed by atoms with Crippen molar-refractivity contribution in [3.63, 3.8) is 0 Å². The molecule has 1 aromatic carbocycles. The molecule has 0 bridgehead atoms. The minimum absolute atomic E-state index is 0.256. The Kier molecular flexibility index (Phi) is 4.35. The second-order valence-corrected chi connectivity index (χ2v) is 5.56. The summed E-state index contributed by atoms with van der Waals surface area (Å²) in [6.07, 6.45) is 1.93. The molecule has 0 aliphatic rings. The molecule has 0 aliphatic carbocycles. The van der Waals surface area contributed by atoms with E-state index in [0.29, 0.717) is 5.92 Å². The molecule has 0 radical (unpaired) electrons. The van der Waals surface area contributed by atoms with Crippen molar-refractivity contribution in [3.05, 3.63) is 57.8 Å². The number of benzene rings is 1. The van der Waals surface area contributed by atoms with E-state index < -0.39 is 0 Å². The van der Waals surface area contributed by atoms with Crippen molar-refractivity contribution in [1.82, 2.24) is 0 Å². The topological polar surface area (TPSA) is 20.2 Å². The van der Waals surface area contributed by atoms with Crippen molar-refractivity contribution < 1.29 is 5.11 Å². The second kappa shape index (κ2) is 5.99. The minimum Gasteiger partial charge on any atom is -0.396 e. The number of hydrogen-bond donors (Lipinski definition) is 1. The lowest BCUT2D eigenvalue weighted by atomic mass is 9.95. The average Bonchev–Trinajstić information content (AvgIpc) is 2.81. The van der Waals surface area contributed by atoms with Gasteiger partial charge in [-0.05, 0) is 42.7 Å². The zero-order valence-electron chi connectivity index (χ0n) is 10.1. The first kappa shape index (κ1) is 12.3. The summed E-state index contributed by atoms with van der Waals surface area (Å²) < 4.78 is 0. The average molecular weight is 246 g/mol. The van der Waals surface area contributed by atoms with Gasteiger partial charge in [0.25, 0.3) is 0 Å². The molecule has 2 heteroatoms. The summed E-state index contributed by atoms with van der Waals surface area (Å²) in [7, 11) is 0. The molecule has 0 saturated heterocycles. The van der Waals surface area contributed by atoms with Crippen molar-refractivity contribution >= 4 is 11.3 Å². The molecular formula is C15H18OS. The molecule has 1 unspecified atom stereocenters. The van der Waals surface area contributed by atoms with Crippen LogP contribution in [0.15, 0.2) is 41.8 Å². The van der Waals surface area contributed by atoms with Gasteiger partial charge in [-0.25, -0.2) is 0 Å². The van der Waals surface area contributed by atoms with E-state index in [1.165, 1.54) is 16.0 Å². The summed E-state index contributed by atoms with van der Waals surface area (Å²) in [5, 5.41) is 11.6. The van der Waals surface area contributed by atoms with Crippen LogP contribution in [0.2, 0.25) is 0 Å². The second-order valence-electron chi connectivity index (χ2n) is 4.53. The highest BCUT2D eigenvalue weighted by molar-refractivity contribution is 7.09. The van der Waals surface area contributed by atoms with E-state index in [-0.39, 0.29) is 6.61 Å². The molecule has 0 saturated carbocycles. The van der Waals surface area contributed by atoms with Gasteiger partial charge in [-0.2, -0.15) is 0 Å². The van der Waals surface area contributed by atoms with Gasteiger partial charge >= 0.3 is 0 Å². The minimum atomic E-state index is 0.256. The highest BCUT2D eigenvalue weighted by atomic mass is 32.1. The first-order chi connectivity index (χ1) is 8.28. The third-order valence-electron chi connectivity index (χ3n) is 2.94. The van der Waals surface area contributed by atoms with Crippen molar-refractivity contribution in [2.75, 3.05) is 6.61 Å². The summed E-state index contributed by atoms with van der Waals surface area (Å²) in [4.78, 5) is 1.36. The number of aliphatic hydroxyl groups excluding tert-OH is 1. The van der Waals surface area contributed by atoms with E-state index in [1.807, 2.05) is 0 Å². The van der Waals surface area contributed by atoms with Crippen molar-refractivity contribution in [2.24, 2.45) is 5.92 Å². The van der Waals surface area contributed by atoms with Gasteiger partial charge in [0, 0.05) is 11.5 Å². The van der Waals surface area contributed by atoms with Gasteiger partial charge < -0.3 is 5.11 Å². The Morgan fingerprint density at radius 2 is 2.06 bits per heavy atom. The van der Waals surface area contributed by atoms with Crippen LogP contribution in [0, 0.1) is 12.8 Å². The first-order valence-corrected chi connectivity index (χ1v) is 6.84. The number of hydrogen-bond acceptors (Lipinski definition) is 2. The lowest BCUT2D eigenvalue weighted by Crippen LogP contribution is -2.12. The Balaban J connectivity index is 2.00. The first-order valence-electron chi connectivity index (χ1n) is 5.96. The smallest absolute Gasteiger partial charge is 0.0465 e. The van der Waals surface area contributed by atoms with Gasteiger partial charge in [0.05, 0.1) is 0 Å². The Hall–Kier alpha value is -1.12. The maximum absolute atomic E-state index is 9.46. The molecule has 0 fully saturated rings. The fourth-order valence-electron chi connectivity index (χ4n) is 2.09. The Bertz CT molecular complexity index is 448. The van der Waals surface area contributed by atoms with Gasteiger partial charge in [-0.1, -0.05) is 35.9 Å². The quantitative estimate of drug-likeness (QED) is 0.856. The number of aliphatic hydroxyl groups is 1. The van der Waals surface area contributed by atoms with Crippen LogP contribution in [0.5, 0.6) is 0 Å². The molecular weight excluding hydrogens is 228 g/mol. The molecule has 0 aliphatic heterocycles. The van der Waals surface area contributed by atoms with Crippen LogP contribution in [0.25, 0.3) is 0 Å². The Labute approximate surface area is 107 Å². The largest absolute Gasteiger partial charge is 0.396 e. The molecule has 1 heterocycles. The molecule has 1 aromatic heterocycles. The van der Waals surface area contributed by atoms with Crippen LogP contribution in [-0.4, -0.2) is 11.7 Å². The van der Waals surface area contributed by atoms with Crippen LogP contribution >= 0.6 is 11.3 Å². The van der Waals surface area contributed by atoms with E-state index in [1.54, 1.807) is 11.3 Å². The predicted octanol–water partition coefficient (Wildman–Crippen LogP) is 3.45. The summed E-state index contributed by atoms with van der Waals surface area (Å²) >= 11 is 1.77. The molecule has 0 amide bonds. The molecule has 1 nitrogen and oxygen atoms in total. The van der Waals surface area contributed by atoms with Crippen LogP contribution in [0.4, 0.5) is 0 Å². The zero-order chi connectivity index (χ0) is 12.1. The van der Waals surface area contributed by atoms with Gasteiger partial charge in [0.2, 0.25) is 0 Å². The van der Waals surface area contributed by atoms with E-state index in [2.05, 4.69) is 48.7 Å². The van der Waals surface area contributed by atoms with Crippen LogP contribution in [0.3, 0.4) is 0 Å². The van der Waals surface area contributed by atoms with E-state index in [4.69, 9.17) is 0 Å². The van der Waals surface area contributed by atoms with Gasteiger partial charge in [-0.3, -0.25) is 0 Å². The third kappa shape index (κ3) is 3.69. The van der Waals surface area contributed by atoms with Gasteiger partial charge in [0.15, 0.2) is 0 Å². The van der Waals surface area contributed by atoms with E-state index >= 15 is 0 Å². The fourth-order valence-corrected chi connectivity index (χ4v) is 2.91. The molecule has 1 N–H and O–H groups in total. The van der Waals surface area contributed by atoms with Crippen molar-refractivity contribution in [2.45, 2.75) is 19.8 Å². The molecule has 90 valence electrons. The predicted molar refractivity (Wildman–Crippen MR) is 73.5 cm³/mol.